The van der Waals surface area contributed by atoms with Crippen molar-refractivity contribution in [3.63, 3.8) is 0 Å². The Balaban J connectivity index is 1.62. The summed E-state index contributed by atoms with van der Waals surface area (Å²) in [4.78, 5) is 31.4. The highest BCUT2D eigenvalue weighted by atomic mass is 32.1. The van der Waals surface area contributed by atoms with Crippen LogP contribution in [-0.4, -0.2) is 31.1 Å². The number of amides is 1. The fraction of sp³-hybridized carbons (Fsp3) is 0.529. The number of hydrogen-bond acceptors (Lipinski definition) is 5. The van der Waals surface area contributed by atoms with E-state index in [1.807, 2.05) is 0 Å². The summed E-state index contributed by atoms with van der Waals surface area (Å²) in [5, 5.41) is 8.37. The first kappa shape index (κ1) is 15.1. The van der Waals surface area contributed by atoms with Crippen LogP contribution in [0.15, 0.2) is 11.1 Å². The van der Waals surface area contributed by atoms with Crippen molar-refractivity contribution in [2.24, 2.45) is 5.92 Å². The Morgan fingerprint density at radius 3 is 3.04 bits per heavy atom. The molecular weight excluding hydrogens is 338 g/mol. The molecule has 1 unspecified atom stereocenters. The Kier molecular flexibility index (Phi) is 3.25. The lowest BCUT2D eigenvalue weighted by molar-refractivity contribution is -0.122. The van der Waals surface area contributed by atoms with Gasteiger partial charge in [0.2, 0.25) is 5.91 Å². The van der Waals surface area contributed by atoms with Gasteiger partial charge in [-0.1, -0.05) is 6.92 Å². The molecule has 0 spiro atoms. The summed E-state index contributed by atoms with van der Waals surface area (Å²) >= 11 is 1.71. The molecule has 3 heterocycles. The van der Waals surface area contributed by atoms with E-state index >= 15 is 0 Å². The first-order valence-corrected chi connectivity index (χ1v) is 9.59. The number of nitrogens with one attached hydrogen (secondary N) is 1. The maximum Gasteiger partial charge on any atom is 0.352 e. The fourth-order valence-electron chi connectivity index (χ4n) is 3.60. The molecule has 1 N–H and O–H groups in total. The number of aryl methyl sites for hydroxylation is 1. The van der Waals surface area contributed by atoms with Gasteiger partial charge in [0.1, 0.15) is 17.7 Å². The van der Waals surface area contributed by atoms with Gasteiger partial charge < -0.3 is 5.32 Å². The van der Waals surface area contributed by atoms with Gasteiger partial charge in [0.05, 0.1) is 5.39 Å². The van der Waals surface area contributed by atoms with E-state index in [9.17, 15) is 9.59 Å². The van der Waals surface area contributed by atoms with E-state index in [0.29, 0.717) is 11.6 Å². The van der Waals surface area contributed by atoms with Crippen molar-refractivity contribution in [1.82, 2.24) is 24.5 Å². The molecule has 25 heavy (non-hydrogen) atoms. The average molecular weight is 357 g/mol. The molecule has 0 bridgehead atoms. The third kappa shape index (κ3) is 2.47. The third-order valence-electron chi connectivity index (χ3n) is 5.11. The van der Waals surface area contributed by atoms with Gasteiger partial charge >= 0.3 is 5.69 Å². The maximum absolute atomic E-state index is 12.6. The van der Waals surface area contributed by atoms with Crippen LogP contribution < -0.4 is 11.0 Å². The highest BCUT2D eigenvalue weighted by Gasteiger charge is 2.26. The second-order valence-electron chi connectivity index (χ2n) is 7.25. The van der Waals surface area contributed by atoms with Gasteiger partial charge in [0.25, 0.3) is 0 Å². The topological polar surface area (TPSA) is 81.3 Å². The molecule has 1 atom stereocenters. The molecule has 0 saturated heterocycles. The molecule has 5 rings (SSSR count). The van der Waals surface area contributed by atoms with Crippen LogP contribution in [0.25, 0.3) is 15.9 Å². The maximum atomic E-state index is 12.6. The Bertz CT molecular complexity index is 1060. The van der Waals surface area contributed by atoms with Crippen molar-refractivity contribution < 1.29 is 4.79 Å². The molecule has 1 fully saturated rings. The summed E-state index contributed by atoms with van der Waals surface area (Å²) in [6.07, 6.45) is 6.80. The van der Waals surface area contributed by atoms with Gasteiger partial charge in [0.15, 0.2) is 5.65 Å². The SMILES string of the molecule is CC1CCc2c(sc3ncn4c(=O)n(CC(=O)NC5CC5)nc4c23)C1. The normalized spacial score (nSPS) is 20.1. The van der Waals surface area contributed by atoms with Gasteiger partial charge in [0, 0.05) is 10.9 Å². The number of aromatic nitrogens is 4. The molecule has 130 valence electrons. The molecule has 2 aliphatic rings. The summed E-state index contributed by atoms with van der Waals surface area (Å²) in [5.74, 6) is 0.529. The second kappa shape index (κ2) is 5.39. The number of nitrogens with zero attached hydrogens (tertiary/aromatic N) is 4. The van der Waals surface area contributed by atoms with Crippen LogP contribution in [0.1, 0.15) is 36.6 Å². The molecule has 0 aliphatic heterocycles. The molecule has 1 amide bonds. The molecule has 3 aromatic rings. The molecule has 3 aromatic heterocycles. The fourth-order valence-corrected chi connectivity index (χ4v) is 4.95. The van der Waals surface area contributed by atoms with Crippen molar-refractivity contribution >= 4 is 33.1 Å². The minimum absolute atomic E-state index is 0.0398. The summed E-state index contributed by atoms with van der Waals surface area (Å²) in [7, 11) is 0. The van der Waals surface area contributed by atoms with E-state index in [1.165, 1.54) is 25.9 Å². The molecule has 0 aromatic carbocycles. The van der Waals surface area contributed by atoms with E-state index in [1.54, 1.807) is 11.3 Å². The molecular formula is C17H19N5O2S. The van der Waals surface area contributed by atoms with Gasteiger partial charge in [-0.3, -0.25) is 4.79 Å². The number of hydrogen-bond donors (Lipinski definition) is 1. The minimum atomic E-state index is -0.306. The van der Waals surface area contributed by atoms with Gasteiger partial charge in [-0.2, -0.15) is 0 Å². The predicted octanol–water partition coefficient (Wildman–Crippen LogP) is 1.51. The summed E-state index contributed by atoms with van der Waals surface area (Å²) in [6, 6.07) is 0.277. The summed E-state index contributed by atoms with van der Waals surface area (Å²) < 4.78 is 2.72. The number of fused-ring (bicyclic) bond motifs is 5. The number of thiophene rings is 1. The molecule has 1 saturated carbocycles. The first-order valence-electron chi connectivity index (χ1n) is 8.78. The number of carbonyl (C=O) groups is 1. The lowest BCUT2D eigenvalue weighted by Gasteiger charge is -2.17. The van der Waals surface area contributed by atoms with E-state index in [-0.39, 0.29) is 24.2 Å². The monoisotopic (exact) mass is 357 g/mol. The quantitative estimate of drug-likeness (QED) is 0.770. The van der Waals surface area contributed by atoms with E-state index in [4.69, 9.17) is 0 Å². The Labute approximate surface area is 147 Å². The zero-order valence-electron chi connectivity index (χ0n) is 14.0. The highest BCUT2D eigenvalue weighted by molar-refractivity contribution is 7.19. The van der Waals surface area contributed by atoms with Gasteiger partial charge in [-0.05, 0) is 43.6 Å². The lowest BCUT2D eigenvalue weighted by Crippen LogP contribution is -2.33. The summed E-state index contributed by atoms with van der Waals surface area (Å²) in [5.41, 5.74) is 1.61. The smallest absolute Gasteiger partial charge is 0.352 e. The van der Waals surface area contributed by atoms with Crippen LogP contribution in [0.3, 0.4) is 0 Å². The molecule has 7 nitrogen and oxygen atoms in total. The van der Waals surface area contributed by atoms with E-state index < -0.39 is 0 Å². The zero-order chi connectivity index (χ0) is 17.1. The van der Waals surface area contributed by atoms with Gasteiger partial charge in [-0.25, -0.2) is 18.9 Å². The van der Waals surface area contributed by atoms with E-state index in [0.717, 1.165) is 42.3 Å². The van der Waals surface area contributed by atoms with Crippen molar-refractivity contribution in [2.45, 2.75) is 51.6 Å². The van der Waals surface area contributed by atoms with Crippen molar-refractivity contribution in [1.29, 1.82) is 0 Å². The van der Waals surface area contributed by atoms with Crippen molar-refractivity contribution in [2.75, 3.05) is 0 Å². The average Bonchev–Trinajstić information content (AvgIpc) is 3.22. The Hall–Kier alpha value is -2.22. The molecule has 0 radical (unpaired) electrons. The Morgan fingerprint density at radius 1 is 1.40 bits per heavy atom. The highest BCUT2D eigenvalue weighted by Crippen LogP contribution is 2.38. The van der Waals surface area contributed by atoms with Crippen LogP contribution in [0.4, 0.5) is 0 Å². The second-order valence-corrected chi connectivity index (χ2v) is 8.34. The zero-order valence-corrected chi connectivity index (χ0v) is 14.8. The van der Waals surface area contributed by atoms with Crippen LogP contribution in [0.5, 0.6) is 0 Å². The van der Waals surface area contributed by atoms with Crippen LogP contribution in [0.2, 0.25) is 0 Å². The minimum Gasteiger partial charge on any atom is -0.352 e. The largest absolute Gasteiger partial charge is 0.352 e. The van der Waals surface area contributed by atoms with Crippen molar-refractivity contribution in [3.8, 4) is 0 Å². The van der Waals surface area contributed by atoms with Crippen molar-refractivity contribution in [3.05, 3.63) is 27.3 Å². The molecule has 2 aliphatic carbocycles. The third-order valence-corrected chi connectivity index (χ3v) is 6.28. The van der Waals surface area contributed by atoms with E-state index in [2.05, 4.69) is 22.3 Å². The number of carbonyl (C=O) groups excluding carboxylic acids is 1. The standard InChI is InChI=1S/C17H19N5O2S/c1-9-2-5-11-12(6-9)25-16-14(11)15-20-22(17(24)21(15)8-18-16)7-13(23)19-10-3-4-10/h8-10H,2-7H2,1H3,(H,19,23). The lowest BCUT2D eigenvalue weighted by atomic mass is 9.89. The molecule has 8 heteroatoms. The van der Waals surface area contributed by atoms with Crippen LogP contribution in [0, 0.1) is 5.92 Å². The number of rotatable bonds is 3. The van der Waals surface area contributed by atoms with Gasteiger partial charge in [-0.15, -0.1) is 16.4 Å². The van der Waals surface area contributed by atoms with Crippen LogP contribution >= 0.6 is 11.3 Å². The summed E-state index contributed by atoms with van der Waals surface area (Å²) in [6.45, 7) is 2.23. The Morgan fingerprint density at radius 2 is 2.24 bits per heavy atom. The van der Waals surface area contributed by atoms with Crippen LogP contribution in [-0.2, 0) is 24.2 Å². The predicted molar refractivity (Wildman–Crippen MR) is 95.0 cm³/mol. The first-order chi connectivity index (χ1) is 12.1.